The fourth-order valence-corrected chi connectivity index (χ4v) is 3.32. The van der Waals surface area contributed by atoms with Crippen LogP contribution in [0.25, 0.3) is 0 Å². The molecule has 1 N–H and O–H groups in total. The van der Waals surface area contributed by atoms with Crippen molar-refractivity contribution in [2.24, 2.45) is 0 Å². The third-order valence-electron chi connectivity index (χ3n) is 4.66. The summed E-state index contributed by atoms with van der Waals surface area (Å²) in [5, 5.41) is 3.12. The molecule has 0 radical (unpaired) electrons. The molecule has 1 aliphatic heterocycles. The van der Waals surface area contributed by atoms with Crippen LogP contribution >= 0.6 is 0 Å². The van der Waals surface area contributed by atoms with Crippen LogP contribution in [0.4, 0.5) is 0 Å². The Kier molecular flexibility index (Phi) is 5.31. The maximum atomic E-state index is 12.8. The zero-order chi connectivity index (χ0) is 19.6. The van der Waals surface area contributed by atoms with E-state index in [1.54, 1.807) is 14.0 Å². The van der Waals surface area contributed by atoms with Crippen molar-refractivity contribution in [1.82, 2.24) is 5.32 Å². The zero-order valence-electron chi connectivity index (χ0n) is 16.5. The van der Waals surface area contributed by atoms with Gasteiger partial charge in [-0.1, -0.05) is 12.1 Å². The van der Waals surface area contributed by atoms with E-state index in [4.69, 9.17) is 14.2 Å². The van der Waals surface area contributed by atoms with Crippen LogP contribution in [0.5, 0.6) is 17.2 Å². The Morgan fingerprint density at radius 3 is 2.70 bits per heavy atom. The Morgan fingerprint density at radius 1 is 1.22 bits per heavy atom. The van der Waals surface area contributed by atoms with Crippen molar-refractivity contribution in [3.8, 4) is 17.2 Å². The summed E-state index contributed by atoms with van der Waals surface area (Å²) in [4.78, 5) is 12.8. The largest absolute Gasteiger partial charge is 0.497 e. The Morgan fingerprint density at radius 2 is 2.00 bits per heavy atom. The van der Waals surface area contributed by atoms with Gasteiger partial charge in [-0.2, -0.15) is 0 Å². The molecular formula is C22H27NO4. The number of carbonyl (C=O) groups excluding carboxylic acids is 1. The minimum Gasteiger partial charge on any atom is -0.497 e. The molecule has 5 heteroatoms. The van der Waals surface area contributed by atoms with E-state index in [1.165, 1.54) is 0 Å². The number of aryl methyl sites for hydroxylation is 1. The Bertz CT molecular complexity index is 831. The number of benzene rings is 2. The molecule has 0 spiro atoms. The van der Waals surface area contributed by atoms with Crippen molar-refractivity contribution < 1.29 is 19.0 Å². The third kappa shape index (κ3) is 4.54. The second-order valence-electron chi connectivity index (χ2n) is 7.61. The fraction of sp³-hybridized carbons (Fsp3) is 0.409. The molecule has 5 nitrogen and oxygen atoms in total. The lowest BCUT2D eigenvalue weighted by Crippen LogP contribution is -2.44. The normalized spacial score (nSPS) is 18.6. The Hall–Kier alpha value is -2.69. The van der Waals surface area contributed by atoms with Crippen molar-refractivity contribution in [3.63, 3.8) is 0 Å². The summed E-state index contributed by atoms with van der Waals surface area (Å²) in [6, 6.07) is 13.2. The van der Waals surface area contributed by atoms with Crippen LogP contribution in [0.1, 0.15) is 44.4 Å². The van der Waals surface area contributed by atoms with E-state index in [-0.39, 0.29) is 17.6 Å². The summed E-state index contributed by atoms with van der Waals surface area (Å²) in [6.45, 7) is 7.79. The number of methoxy groups -OCH3 is 1. The van der Waals surface area contributed by atoms with Crippen LogP contribution in [0, 0.1) is 6.92 Å². The number of hydrogen-bond donors (Lipinski definition) is 1. The molecule has 0 saturated heterocycles. The third-order valence-corrected chi connectivity index (χ3v) is 4.66. The van der Waals surface area contributed by atoms with Crippen LogP contribution in [0.2, 0.25) is 0 Å². The quantitative estimate of drug-likeness (QED) is 0.859. The van der Waals surface area contributed by atoms with Crippen molar-refractivity contribution in [2.45, 2.75) is 51.9 Å². The molecule has 2 unspecified atom stereocenters. The van der Waals surface area contributed by atoms with Gasteiger partial charge >= 0.3 is 0 Å². The molecule has 2 aromatic rings. The number of ether oxygens (including phenoxy) is 3. The number of nitrogens with one attached hydrogen (secondary N) is 1. The first-order chi connectivity index (χ1) is 12.8. The molecule has 1 aliphatic rings. The number of fused-ring (bicyclic) bond motifs is 1. The molecule has 144 valence electrons. The van der Waals surface area contributed by atoms with Crippen molar-refractivity contribution >= 4 is 5.91 Å². The van der Waals surface area contributed by atoms with Gasteiger partial charge in [-0.25, -0.2) is 0 Å². The molecule has 3 rings (SSSR count). The molecule has 0 bridgehead atoms. The predicted molar refractivity (Wildman–Crippen MR) is 104 cm³/mol. The highest BCUT2D eigenvalue weighted by Gasteiger charge is 2.35. The summed E-state index contributed by atoms with van der Waals surface area (Å²) in [6.07, 6.45) is 0.0580. The second kappa shape index (κ2) is 7.51. The highest BCUT2D eigenvalue weighted by Crippen LogP contribution is 2.41. The Labute approximate surface area is 160 Å². The van der Waals surface area contributed by atoms with E-state index >= 15 is 0 Å². The van der Waals surface area contributed by atoms with E-state index in [1.807, 2.05) is 63.2 Å². The lowest BCUT2D eigenvalue weighted by Gasteiger charge is -2.38. The van der Waals surface area contributed by atoms with Crippen LogP contribution in [-0.2, 0) is 4.79 Å². The first-order valence-electron chi connectivity index (χ1n) is 9.18. The number of rotatable bonds is 5. The average Bonchev–Trinajstić information content (AvgIpc) is 2.60. The van der Waals surface area contributed by atoms with Gasteiger partial charge in [-0.3, -0.25) is 4.79 Å². The van der Waals surface area contributed by atoms with Gasteiger partial charge in [0.2, 0.25) is 0 Å². The lowest BCUT2D eigenvalue weighted by molar-refractivity contribution is -0.128. The van der Waals surface area contributed by atoms with Gasteiger partial charge in [0, 0.05) is 12.0 Å². The topological polar surface area (TPSA) is 56.8 Å². The molecule has 2 atom stereocenters. The summed E-state index contributed by atoms with van der Waals surface area (Å²) < 4.78 is 17.2. The fourth-order valence-electron chi connectivity index (χ4n) is 3.32. The van der Waals surface area contributed by atoms with Crippen molar-refractivity contribution in [1.29, 1.82) is 0 Å². The zero-order valence-corrected chi connectivity index (χ0v) is 16.5. The van der Waals surface area contributed by atoms with E-state index in [0.29, 0.717) is 12.2 Å². The summed E-state index contributed by atoms with van der Waals surface area (Å²) in [5.41, 5.74) is 1.64. The van der Waals surface area contributed by atoms with Crippen molar-refractivity contribution in [2.75, 3.05) is 7.11 Å². The maximum Gasteiger partial charge on any atom is 0.261 e. The standard InChI is InChI=1S/C22H27NO4/c1-14-7-6-8-17(11-14)26-15(2)21(24)23-19-13-22(3,4)27-20-10-9-16(25-5)12-18(19)20/h6-12,15,19H,13H2,1-5H3,(H,23,24). The maximum absolute atomic E-state index is 12.8. The smallest absolute Gasteiger partial charge is 0.261 e. The number of carbonyl (C=O) groups is 1. The van der Waals surface area contributed by atoms with Gasteiger partial charge < -0.3 is 19.5 Å². The molecular weight excluding hydrogens is 342 g/mol. The van der Waals surface area contributed by atoms with Gasteiger partial charge in [0.15, 0.2) is 6.10 Å². The minimum absolute atomic E-state index is 0.159. The molecule has 2 aromatic carbocycles. The first kappa shape index (κ1) is 19.1. The van der Waals surface area contributed by atoms with Gasteiger partial charge in [0.1, 0.15) is 22.8 Å². The SMILES string of the molecule is COc1ccc2c(c1)C(NC(=O)C(C)Oc1cccc(C)c1)CC(C)(C)O2. The highest BCUT2D eigenvalue weighted by atomic mass is 16.5. The highest BCUT2D eigenvalue weighted by molar-refractivity contribution is 5.81. The van der Waals surface area contributed by atoms with Crippen LogP contribution in [-0.4, -0.2) is 24.7 Å². The predicted octanol–water partition coefficient (Wildman–Crippen LogP) is 4.19. The van der Waals surface area contributed by atoms with E-state index in [0.717, 1.165) is 22.6 Å². The second-order valence-corrected chi connectivity index (χ2v) is 7.61. The minimum atomic E-state index is -0.605. The molecule has 0 aliphatic carbocycles. The van der Waals surface area contributed by atoms with Crippen molar-refractivity contribution in [3.05, 3.63) is 53.6 Å². The van der Waals surface area contributed by atoms with E-state index in [2.05, 4.69) is 5.32 Å². The molecule has 0 saturated carbocycles. The molecule has 1 heterocycles. The summed E-state index contributed by atoms with van der Waals surface area (Å²) in [7, 11) is 1.63. The number of hydrogen-bond acceptors (Lipinski definition) is 4. The summed E-state index contributed by atoms with van der Waals surface area (Å²) >= 11 is 0. The summed E-state index contributed by atoms with van der Waals surface area (Å²) in [5.74, 6) is 2.03. The molecule has 1 amide bonds. The van der Waals surface area contributed by atoms with Crippen LogP contribution < -0.4 is 19.5 Å². The first-order valence-corrected chi connectivity index (χ1v) is 9.18. The van der Waals surface area contributed by atoms with Gasteiger partial charge in [-0.05, 0) is 63.6 Å². The lowest BCUT2D eigenvalue weighted by atomic mass is 9.89. The van der Waals surface area contributed by atoms with E-state index < -0.39 is 6.10 Å². The number of amides is 1. The average molecular weight is 369 g/mol. The van der Waals surface area contributed by atoms with Gasteiger partial charge in [0.25, 0.3) is 5.91 Å². The Balaban J connectivity index is 1.76. The molecule has 0 aromatic heterocycles. The monoisotopic (exact) mass is 369 g/mol. The van der Waals surface area contributed by atoms with E-state index in [9.17, 15) is 4.79 Å². The van der Waals surface area contributed by atoms with Gasteiger partial charge in [0.05, 0.1) is 13.2 Å². The van der Waals surface area contributed by atoms with Crippen LogP contribution in [0.15, 0.2) is 42.5 Å². The molecule has 0 fully saturated rings. The molecule has 27 heavy (non-hydrogen) atoms. The van der Waals surface area contributed by atoms with Gasteiger partial charge in [-0.15, -0.1) is 0 Å². The van der Waals surface area contributed by atoms with Crippen LogP contribution in [0.3, 0.4) is 0 Å².